The maximum Gasteiger partial charge on any atom is 0.246 e. The molecule has 0 bridgehead atoms. The molecule has 1 N–H and O–H groups in total. The van der Waals surface area contributed by atoms with Gasteiger partial charge in [0.1, 0.15) is 5.75 Å². The summed E-state index contributed by atoms with van der Waals surface area (Å²) in [5.74, 6) is 0.937. The van der Waals surface area contributed by atoms with Gasteiger partial charge in [-0.1, -0.05) is 6.07 Å². The molecule has 4 heteroatoms. The standard InChI is InChI=1S/C16H19NO3/c18-9-8-17(14-3-4-14)16(19)6-2-12-1-5-15-13(11-12)7-10-20-15/h1-2,5-6,11,14,18H,3-4,7-10H2/b6-2+. The second-order valence-electron chi connectivity index (χ2n) is 5.29. The van der Waals surface area contributed by atoms with Crippen molar-refractivity contribution in [2.24, 2.45) is 0 Å². The molecule has 0 unspecified atom stereocenters. The molecule has 0 radical (unpaired) electrons. The molecule has 20 heavy (non-hydrogen) atoms. The number of amides is 1. The number of rotatable bonds is 5. The van der Waals surface area contributed by atoms with Gasteiger partial charge in [-0.2, -0.15) is 0 Å². The van der Waals surface area contributed by atoms with Crippen LogP contribution in [0.1, 0.15) is 24.0 Å². The number of hydrogen-bond acceptors (Lipinski definition) is 3. The van der Waals surface area contributed by atoms with E-state index in [1.54, 1.807) is 11.0 Å². The number of carbonyl (C=O) groups excluding carboxylic acids is 1. The van der Waals surface area contributed by atoms with Gasteiger partial charge in [0.2, 0.25) is 5.91 Å². The molecule has 1 saturated carbocycles. The van der Waals surface area contributed by atoms with Gasteiger partial charge in [-0.3, -0.25) is 4.79 Å². The summed E-state index contributed by atoms with van der Waals surface area (Å²) in [4.78, 5) is 13.9. The lowest BCUT2D eigenvalue weighted by Gasteiger charge is -2.19. The van der Waals surface area contributed by atoms with Crippen LogP contribution in [0.25, 0.3) is 6.08 Å². The Balaban J connectivity index is 1.68. The number of carbonyl (C=O) groups is 1. The molecule has 0 spiro atoms. The Bertz CT molecular complexity index is 535. The van der Waals surface area contributed by atoms with Crippen LogP contribution in [-0.4, -0.2) is 41.7 Å². The highest BCUT2D eigenvalue weighted by molar-refractivity contribution is 5.92. The smallest absolute Gasteiger partial charge is 0.246 e. The maximum absolute atomic E-state index is 12.1. The predicted octanol–water partition coefficient (Wildman–Crippen LogP) is 1.62. The van der Waals surface area contributed by atoms with Crippen LogP contribution in [0.5, 0.6) is 5.75 Å². The van der Waals surface area contributed by atoms with Gasteiger partial charge in [-0.25, -0.2) is 0 Å². The average molecular weight is 273 g/mol. The molecule has 1 fully saturated rings. The normalized spacial score (nSPS) is 17.1. The van der Waals surface area contributed by atoms with Crippen molar-refractivity contribution in [1.82, 2.24) is 4.90 Å². The van der Waals surface area contributed by atoms with Crippen molar-refractivity contribution < 1.29 is 14.6 Å². The second kappa shape index (κ2) is 5.67. The summed E-state index contributed by atoms with van der Waals surface area (Å²) in [6.07, 6.45) is 6.48. The van der Waals surface area contributed by atoms with E-state index in [9.17, 15) is 4.79 Å². The lowest BCUT2D eigenvalue weighted by Crippen LogP contribution is -2.34. The van der Waals surface area contributed by atoms with E-state index in [2.05, 4.69) is 6.07 Å². The van der Waals surface area contributed by atoms with Crippen molar-refractivity contribution in [3.05, 3.63) is 35.4 Å². The van der Waals surface area contributed by atoms with Gasteiger partial charge in [0.15, 0.2) is 0 Å². The number of aliphatic hydroxyl groups is 1. The van der Waals surface area contributed by atoms with Gasteiger partial charge >= 0.3 is 0 Å². The van der Waals surface area contributed by atoms with E-state index in [0.29, 0.717) is 12.6 Å². The largest absolute Gasteiger partial charge is 0.493 e. The number of fused-ring (bicyclic) bond motifs is 1. The number of ether oxygens (including phenoxy) is 1. The molecular formula is C16H19NO3. The van der Waals surface area contributed by atoms with Crippen molar-refractivity contribution >= 4 is 12.0 Å². The molecule has 0 atom stereocenters. The summed E-state index contributed by atoms with van der Waals surface area (Å²) in [7, 11) is 0. The SMILES string of the molecule is O=C(/C=C/c1ccc2c(c1)CCO2)N(CCO)C1CC1. The van der Waals surface area contributed by atoms with Gasteiger partial charge in [-0.05, 0) is 42.2 Å². The lowest BCUT2D eigenvalue weighted by molar-refractivity contribution is -0.127. The fourth-order valence-corrected chi connectivity index (χ4v) is 2.54. The van der Waals surface area contributed by atoms with E-state index in [0.717, 1.165) is 37.2 Å². The van der Waals surface area contributed by atoms with E-state index in [-0.39, 0.29) is 12.5 Å². The maximum atomic E-state index is 12.1. The van der Waals surface area contributed by atoms with Crippen molar-refractivity contribution in [3.63, 3.8) is 0 Å². The van der Waals surface area contributed by atoms with Crippen molar-refractivity contribution in [2.75, 3.05) is 19.8 Å². The first-order valence-electron chi connectivity index (χ1n) is 7.13. The zero-order valence-electron chi connectivity index (χ0n) is 11.4. The molecule has 0 aromatic heterocycles. The van der Waals surface area contributed by atoms with Crippen LogP contribution in [0.3, 0.4) is 0 Å². The summed E-state index contributed by atoms with van der Waals surface area (Å²) in [5, 5.41) is 9.02. The highest BCUT2D eigenvalue weighted by atomic mass is 16.5. The van der Waals surface area contributed by atoms with E-state index >= 15 is 0 Å². The molecule has 1 amide bonds. The third kappa shape index (κ3) is 2.85. The minimum absolute atomic E-state index is 0.0155. The summed E-state index contributed by atoms with van der Waals surface area (Å²) in [6.45, 7) is 1.19. The molecule has 106 valence electrons. The zero-order chi connectivity index (χ0) is 13.9. The first kappa shape index (κ1) is 13.2. The minimum atomic E-state index is -0.0155. The Morgan fingerprint density at radius 2 is 2.30 bits per heavy atom. The van der Waals surface area contributed by atoms with Crippen LogP contribution < -0.4 is 4.74 Å². The number of benzene rings is 1. The Labute approximate surface area is 118 Å². The van der Waals surface area contributed by atoms with Crippen LogP contribution in [0, 0.1) is 0 Å². The molecule has 1 aromatic carbocycles. The van der Waals surface area contributed by atoms with E-state index in [1.807, 2.05) is 18.2 Å². The third-order valence-electron chi connectivity index (χ3n) is 3.74. The van der Waals surface area contributed by atoms with Crippen LogP contribution in [0.15, 0.2) is 24.3 Å². The van der Waals surface area contributed by atoms with Crippen molar-refractivity contribution in [3.8, 4) is 5.75 Å². The Hall–Kier alpha value is -1.81. The number of aliphatic hydroxyl groups excluding tert-OH is 1. The molecule has 1 heterocycles. The highest BCUT2D eigenvalue weighted by Crippen LogP contribution is 2.28. The first-order valence-corrected chi connectivity index (χ1v) is 7.13. The second-order valence-corrected chi connectivity index (χ2v) is 5.29. The predicted molar refractivity (Wildman–Crippen MR) is 76.5 cm³/mol. The van der Waals surface area contributed by atoms with Gasteiger partial charge in [0.25, 0.3) is 0 Å². The molecular weight excluding hydrogens is 254 g/mol. The van der Waals surface area contributed by atoms with Gasteiger partial charge in [0, 0.05) is 25.1 Å². The van der Waals surface area contributed by atoms with Gasteiger partial charge < -0.3 is 14.7 Å². The van der Waals surface area contributed by atoms with Crippen LogP contribution in [-0.2, 0) is 11.2 Å². The van der Waals surface area contributed by atoms with Crippen molar-refractivity contribution in [1.29, 1.82) is 0 Å². The van der Waals surface area contributed by atoms with Crippen LogP contribution in [0.2, 0.25) is 0 Å². The van der Waals surface area contributed by atoms with Gasteiger partial charge in [-0.15, -0.1) is 0 Å². The molecule has 1 aromatic rings. The topological polar surface area (TPSA) is 49.8 Å². The number of hydrogen-bond donors (Lipinski definition) is 1. The van der Waals surface area contributed by atoms with Crippen molar-refractivity contribution in [2.45, 2.75) is 25.3 Å². The van der Waals surface area contributed by atoms with Crippen LogP contribution in [0.4, 0.5) is 0 Å². The van der Waals surface area contributed by atoms with E-state index in [4.69, 9.17) is 9.84 Å². The number of nitrogens with zero attached hydrogens (tertiary/aromatic N) is 1. The zero-order valence-corrected chi connectivity index (χ0v) is 11.4. The molecule has 4 nitrogen and oxygen atoms in total. The molecule has 1 aliphatic carbocycles. The Morgan fingerprint density at radius 1 is 1.45 bits per heavy atom. The fourth-order valence-electron chi connectivity index (χ4n) is 2.54. The summed E-state index contributed by atoms with van der Waals surface area (Å²) in [6, 6.07) is 6.31. The third-order valence-corrected chi connectivity index (χ3v) is 3.74. The van der Waals surface area contributed by atoms with E-state index < -0.39 is 0 Å². The minimum Gasteiger partial charge on any atom is -0.493 e. The molecule has 3 rings (SSSR count). The lowest BCUT2D eigenvalue weighted by atomic mass is 10.1. The summed E-state index contributed by atoms with van der Waals surface area (Å²) in [5.41, 5.74) is 2.22. The quantitative estimate of drug-likeness (QED) is 0.829. The first-order chi connectivity index (χ1) is 9.78. The Kier molecular flexibility index (Phi) is 3.74. The Morgan fingerprint density at radius 3 is 3.05 bits per heavy atom. The summed E-state index contributed by atoms with van der Waals surface area (Å²) < 4.78 is 5.46. The fraction of sp³-hybridized carbons (Fsp3) is 0.438. The molecule has 2 aliphatic rings. The van der Waals surface area contributed by atoms with E-state index in [1.165, 1.54) is 5.56 Å². The molecule has 0 saturated heterocycles. The van der Waals surface area contributed by atoms with Crippen LogP contribution >= 0.6 is 0 Å². The average Bonchev–Trinajstić information content (AvgIpc) is 3.19. The highest BCUT2D eigenvalue weighted by Gasteiger charge is 2.30. The summed E-state index contributed by atoms with van der Waals surface area (Å²) >= 11 is 0. The van der Waals surface area contributed by atoms with Gasteiger partial charge in [0.05, 0.1) is 13.2 Å². The monoisotopic (exact) mass is 273 g/mol. The molecule has 1 aliphatic heterocycles.